The Morgan fingerprint density at radius 1 is 0.881 bits per heavy atom. The average Bonchev–Trinajstić information content (AvgIpc) is 3.61. The first kappa shape index (κ1) is 26.7. The molecule has 1 N–H and O–H groups in total. The highest BCUT2D eigenvalue weighted by Crippen LogP contribution is 2.50. The van der Waals surface area contributed by atoms with E-state index in [1.165, 1.54) is 33.5 Å². The van der Waals surface area contributed by atoms with Gasteiger partial charge in [-0.05, 0) is 54.6 Å². The molecule has 0 unspecified atom stereocenters. The van der Waals surface area contributed by atoms with Crippen LogP contribution < -0.4 is 23.7 Å². The van der Waals surface area contributed by atoms with Gasteiger partial charge in [0.15, 0.2) is 17.3 Å². The van der Waals surface area contributed by atoms with Crippen LogP contribution in [0, 0.1) is 0 Å². The van der Waals surface area contributed by atoms with Crippen LogP contribution in [0.3, 0.4) is 0 Å². The summed E-state index contributed by atoms with van der Waals surface area (Å²) >= 11 is 0. The molecule has 0 aliphatic carbocycles. The molecule has 6 rings (SSSR count). The second-order valence-electron chi connectivity index (χ2n) is 9.53. The standard InChI is InChI=1S/C32H24O10/c1-37-24-10-8-18(29(38-2)31(24)39-3)14-25-28(34)19-9-11-23-27(30(19)42-25)20(15-26(33)41-23)22-13-12-21(40-22)16-4-6-17(7-5-16)32(35)36/h4-14,20H,15H2,1-3H3,(H,35,36)/b25-14-/t20-/m1/s1. The van der Waals surface area contributed by atoms with Crippen molar-refractivity contribution in [1.29, 1.82) is 0 Å². The maximum Gasteiger partial charge on any atom is 0.335 e. The summed E-state index contributed by atoms with van der Waals surface area (Å²) in [4.78, 5) is 37.3. The van der Waals surface area contributed by atoms with E-state index in [1.54, 1.807) is 54.6 Å². The second kappa shape index (κ2) is 10.5. The van der Waals surface area contributed by atoms with Crippen molar-refractivity contribution in [2.24, 2.45) is 0 Å². The Hall–Kier alpha value is -5.51. The van der Waals surface area contributed by atoms with Gasteiger partial charge in [0, 0.05) is 16.7 Å². The van der Waals surface area contributed by atoms with Crippen molar-refractivity contribution in [2.75, 3.05) is 21.3 Å². The molecule has 0 saturated heterocycles. The van der Waals surface area contributed by atoms with Gasteiger partial charge in [-0.15, -0.1) is 0 Å². The predicted molar refractivity (Wildman–Crippen MR) is 149 cm³/mol. The number of furan rings is 1. The van der Waals surface area contributed by atoms with Crippen molar-refractivity contribution in [2.45, 2.75) is 12.3 Å². The molecule has 0 spiro atoms. The van der Waals surface area contributed by atoms with E-state index >= 15 is 0 Å². The minimum Gasteiger partial charge on any atom is -0.493 e. The lowest BCUT2D eigenvalue weighted by Crippen LogP contribution is -2.21. The Kier molecular flexibility index (Phi) is 6.66. The van der Waals surface area contributed by atoms with Crippen molar-refractivity contribution >= 4 is 23.8 Å². The third-order valence-corrected chi connectivity index (χ3v) is 7.19. The molecule has 2 aliphatic rings. The minimum atomic E-state index is -1.03. The molecular weight excluding hydrogens is 544 g/mol. The van der Waals surface area contributed by atoms with E-state index < -0.39 is 17.9 Å². The van der Waals surface area contributed by atoms with Gasteiger partial charge in [-0.2, -0.15) is 0 Å². The zero-order valence-corrected chi connectivity index (χ0v) is 22.8. The minimum absolute atomic E-state index is 0.0333. The molecule has 1 atom stereocenters. The number of hydrogen-bond acceptors (Lipinski definition) is 9. The number of allylic oxidation sites excluding steroid dienone is 1. The summed E-state index contributed by atoms with van der Waals surface area (Å²) in [6, 6.07) is 16.3. The molecule has 10 heteroatoms. The zero-order valence-electron chi connectivity index (χ0n) is 22.8. The average molecular weight is 569 g/mol. The smallest absolute Gasteiger partial charge is 0.335 e. The highest BCUT2D eigenvalue weighted by molar-refractivity contribution is 6.15. The van der Waals surface area contributed by atoms with Gasteiger partial charge in [-0.1, -0.05) is 12.1 Å². The predicted octanol–water partition coefficient (Wildman–Crippen LogP) is 5.73. The van der Waals surface area contributed by atoms with Crippen LogP contribution in [-0.2, 0) is 4.79 Å². The molecule has 0 amide bonds. The van der Waals surface area contributed by atoms with Gasteiger partial charge in [-0.25, -0.2) is 4.79 Å². The molecule has 2 aliphatic heterocycles. The lowest BCUT2D eigenvalue weighted by atomic mass is 9.88. The summed E-state index contributed by atoms with van der Waals surface area (Å²) in [6.07, 6.45) is 1.53. The molecule has 3 aromatic carbocycles. The zero-order chi connectivity index (χ0) is 29.5. The number of ether oxygens (including phenoxy) is 5. The van der Waals surface area contributed by atoms with Crippen LogP contribution in [-0.4, -0.2) is 44.2 Å². The van der Waals surface area contributed by atoms with E-state index in [0.29, 0.717) is 51.0 Å². The number of benzene rings is 3. The van der Waals surface area contributed by atoms with Gasteiger partial charge in [0.1, 0.15) is 23.0 Å². The number of Topliss-reactive ketones (excluding diaryl/α,β-unsaturated/α-hetero) is 1. The van der Waals surface area contributed by atoms with Gasteiger partial charge in [0.25, 0.3) is 0 Å². The summed E-state index contributed by atoms with van der Waals surface area (Å²) in [5, 5.41) is 9.18. The fraction of sp³-hybridized carbons (Fsp3) is 0.156. The lowest BCUT2D eigenvalue weighted by Gasteiger charge is -2.24. The number of methoxy groups -OCH3 is 3. The van der Waals surface area contributed by atoms with Crippen molar-refractivity contribution in [3.63, 3.8) is 0 Å². The number of esters is 1. The molecule has 10 nitrogen and oxygen atoms in total. The first-order valence-corrected chi connectivity index (χ1v) is 12.9. The van der Waals surface area contributed by atoms with Crippen LogP contribution in [0.1, 0.15) is 49.9 Å². The summed E-state index contributed by atoms with van der Waals surface area (Å²) < 4.78 is 34.2. The van der Waals surface area contributed by atoms with Gasteiger partial charge in [-0.3, -0.25) is 9.59 Å². The van der Waals surface area contributed by atoms with E-state index in [1.807, 2.05) is 0 Å². The number of fused-ring (bicyclic) bond motifs is 3. The molecule has 4 aromatic rings. The third kappa shape index (κ3) is 4.43. The Balaban J connectivity index is 1.39. The molecule has 42 heavy (non-hydrogen) atoms. The highest BCUT2D eigenvalue weighted by Gasteiger charge is 2.40. The number of carbonyl (C=O) groups is 3. The molecule has 3 heterocycles. The van der Waals surface area contributed by atoms with Crippen molar-refractivity contribution in [3.05, 3.63) is 94.4 Å². The van der Waals surface area contributed by atoms with Gasteiger partial charge in [0.2, 0.25) is 11.5 Å². The van der Waals surface area contributed by atoms with Crippen molar-refractivity contribution in [3.8, 4) is 40.1 Å². The molecule has 0 radical (unpaired) electrons. The van der Waals surface area contributed by atoms with Crippen molar-refractivity contribution < 1.29 is 47.6 Å². The fourth-order valence-electron chi connectivity index (χ4n) is 5.20. The van der Waals surface area contributed by atoms with E-state index in [4.69, 9.17) is 28.1 Å². The molecular formula is C32H24O10. The quantitative estimate of drug-likeness (QED) is 0.168. The number of carboxylic acids is 1. The Morgan fingerprint density at radius 2 is 1.64 bits per heavy atom. The highest BCUT2D eigenvalue weighted by atomic mass is 16.5. The number of carbonyl (C=O) groups excluding carboxylic acids is 2. The number of aromatic carboxylic acids is 1. The molecule has 0 bridgehead atoms. The third-order valence-electron chi connectivity index (χ3n) is 7.19. The first-order chi connectivity index (χ1) is 20.3. The summed E-state index contributed by atoms with van der Waals surface area (Å²) in [5.74, 6) is 0.350. The van der Waals surface area contributed by atoms with E-state index in [-0.39, 0.29) is 35.0 Å². The van der Waals surface area contributed by atoms with E-state index in [9.17, 15) is 19.5 Å². The Labute approximate surface area is 239 Å². The summed E-state index contributed by atoms with van der Waals surface area (Å²) in [7, 11) is 4.49. The normalized spacial score (nSPS) is 16.4. The van der Waals surface area contributed by atoms with Crippen LogP contribution >= 0.6 is 0 Å². The second-order valence-corrected chi connectivity index (χ2v) is 9.53. The topological polar surface area (TPSA) is 131 Å². The lowest BCUT2D eigenvalue weighted by molar-refractivity contribution is -0.135. The van der Waals surface area contributed by atoms with Crippen LogP contribution in [0.5, 0.6) is 28.7 Å². The van der Waals surface area contributed by atoms with Crippen LogP contribution in [0.15, 0.2) is 70.8 Å². The van der Waals surface area contributed by atoms with Crippen LogP contribution in [0.2, 0.25) is 0 Å². The SMILES string of the molecule is COc1ccc(/C=C2\Oc3c(ccc4c3[C@@H](c3ccc(-c5ccc(C(=O)O)cc5)o3)CC(=O)O4)C2=O)c(OC)c1OC. The largest absolute Gasteiger partial charge is 0.493 e. The van der Waals surface area contributed by atoms with Crippen molar-refractivity contribution in [1.82, 2.24) is 0 Å². The van der Waals surface area contributed by atoms with Gasteiger partial charge in [0.05, 0.1) is 44.8 Å². The number of carboxylic acid groups (broad SMARTS) is 1. The van der Waals surface area contributed by atoms with Crippen LogP contribution in [0.4, 0.5) is 0 Å². The monoisotopic (exact) mass is 568 g/mol. The maximum atomic E-state index is 13.5. The molecule has 212 valence electrons. The Morgan fingerprint density at radius 3 is 2.33 bits per heavy atom. The number of hydrogen-bond donors (Lipinski definition) is 1. The molecule has 1 aromatic heterocycles. The van der Waals surface area contributed by atoms with Gasteiger partial charge < -0.3 is 33.2 Å². The molecule has 0 fully saturated rings. The van der Waals surface area contributed by atoms with Gasteiger partial charge >= 0.3 is 11.9 Å². The maximum absolute atomic E-state index is 13.5. The summed E-state index contributed by atoms with van der Waals surface area (Å²) in [5.41, 5.74) is 2.20. The van der Waals surface area contributed by atoms with E-state index in [0.717, 1.165) is 0 Å². The van der Waals surface area contributed by atoms with Crippen LogP contribution in [0.25, 0.3) is 17.4 Å². The number of ketones is 1. The Bertz CT molecular complexity index is 1780. The number of rotatable bonds is 7. The molecule has 0 saturated carbocycles. The summed E-state index contributed by atoms with van der Waals surface area (Å²) in [6.45, 7) is 0. The first-order valence-electron chi connectivity index (χ1n) is 12.9. The fourth-order valence-corrected chi connectivity index (χ4v) is 5.20. The van der Waals surface area contributed by atoms with E-state index in [2.05, 4.69) is 0 Å².